The summed E-state index contributed by atoms with van der Waals surface area (Å²) in [7, 11) is 0. The lowest BCUT2D eigenvalue weighted by atomic mass is 10.1. The summed E-state index contributed by atoms with van der Waals surface area (Å²) in [5.41, 5.74) is 10.3. The van der Waals surface area contributed by atoms with E-state index in [1.165, 1.54) is 0 Å². The largest absolute Gasteiger partial charge is 0.480 e. The molecule has 22 heavy (non-hydrogen) atoms. The molecule has 0 aromatic heterocycles. The Morgan fingerprint density at radius 1 is 1.05 bits per heavy atom. The molecule has 0 spiro atoms. The zero-order valence-electron chi connectivity index (χ0n) is 11.7. The lowest BCUT2D eigenvalue weighted by Gasteiger charge is -2.19. The van der Waals surface area contributed by atoms with Crippen molar-refractivity contribution in [2.75, 3.05) is 11.5 Å². The minimum Gasteiger partial charge on any atom is -0.480 e. The van der Waals surface area contributed by atoms with Gasteiger partial charge in [-0.05, 0) is 6.42 Å². The Bertz CT molecular complexity index is 435. The van der Waals surface area contributed by atoms with Gasteiger partial charge in [-0.25, -0.2) is 0 Å². The summed E-state index contributed by atoms with van der Waals surface area (Å²) in [4.78, 5) is 45.1. The van der Waals surface area contributed by atoms with Gasteiger partial charge in [0.15, 0.2) is 0 Å². The Morgan fingerprint density at radius 3 is 2.00 bits per heavy atom. The standard InChI is InChI=1S/C11H20N4O5S2/c12-5(11(19)20)1-2-8(16)14-7(4-22)10(18)15-6(3-21)9(13)17/h5-7,21-22H,1-4,12H2,(H2,13,17)(H,14,16)(H,15,18)(H,19,20). The average molecular weight is 352 g/mol. The highest BCUT2D eigenvalue weighted by molar-refractivity contribution is 7.80. The highest BCUT2D eigenvalue weighted by Crippen LogP contribution is 1.98. The maximum absolute atomic E-state index is 11.9. The number of nitrogens with one attached hydrogen (secondary N) is 2. The summed E-state index contributed by atoms with van der Waals surface area (Å²) >= 11 is 7.83. The Morgan fingerprint density at radius 2 is 1.59 bits per heavy atom. The van der Waals surface area contributed by atoms with E-state index >= 15 is 0 Å². The van der Waals surface area contributed by atoms with Crippen LogP contribution in [0.4, 0.5) is 0 Å². The van der Waals surface area contributed by atoms with E-state index in [-0.39, 0.29) is 24.3 Å². The van der Waals surface area contributed by atoms with Crippen LogP contribution in [0, 0.1) is 0 Å². The molecular formula is C11H20N4O5S2. The molecule has 3 atom stereocenters. The smallest absolute Gasteiger partial charge is 0.320 e. The van der Waals surface area contributed by atoms with Crippen molar-refractivity contribution in [2.45, 2.75) is 31.0 Å². The lowest BCUT2D eigenvalue weighted by molar-refractivity contribution is -0.138. The third-order valence-electron chi connectivity index (χ3n) is 2.68. The topological polar surface area (TPSA) is 165 Å². The van der Waals surface area contributed by atoms with Gasteiger partial charge in [0.05, 0.1) is 0 Å². The van der Waals surface area contributed by atoms with E-state index in [0.717, 1.165) is 0 Å². The predicted octanol–water partition coefficient (Wildman–Crippen LogP) is -2.51. The van der Waals surface area contributed by atoms with Crippen molar-refractivity contribution in [3.05, 3.63) is 0 Å². The summed E-state index contributed by atoms with van der Waals surface area (Å²) < 4.78 is 0. The Balaban J connectivity index is 4.45. The van der Waals surface area contributed by atoms with E-state index in [4.69, 9.17) is 16.6 Å². The number of hydrogen-bond donors (Lipinski definition) is 7. The number of thiol groups is 2. The third kappa shape index (κ3) is 7.52. The fourth-order valence-corrected chi connectivity index (χ4v) is 1.88. The molecule has 0 bridgehead atoms. The molecule has 0 aliphatic heterocycles. The number of primary amides is 1. The van der Waals surface area contributed by atoms with Crippen LogP contribution in [0.25, 0.3) is 0 Å². The number of amides is 3. The first kappa shape index (κ1) is 20.5. The molecule has 0 aliphatic carbocycles. The van der Waals surface area contributed by atoms with Gasteiger partial charge in [0.25, 0.3) is 0 Å². The number of carbonyl (C=O) groups excluding carboxylic acids is 3. The van der Waals surface area contributed by atoms with Gasteiger partial charge in [-0.3, -0.25) is 19.2 Å². The summed E-state index contributed by atoms with van der Waals surface area (Å²) in [6.45, 7) is 0. The molecule has 7 N–H and O–H groups in total. The first-order valence-electron chi connectivity index (χ1n) is 6.32. The predicted molar refractivity (Wildman–Crippen MR) is 85.6 cm³/mol. The van der Waals surface area contributed by atoms with Crippen LogP contribution in [0.1, 0.15) is 12.8 Å². The molecule has 0 aliphatic rings. The molecule has 0 aromatic carbocycles. The minimum absolute atomic E-state index is 0.0133. The van der Waals surface area contributed by atoms with Crippen LogP contribution in [0.5, 0.6) is 0 Å². The van der Waals surface area contributed by atoms with E-state index in [2.05, 4.69) is 35.9 Å². The molecule has 3 amide bonds. The SMILES string of the molecule is NC(=O)C(CS)NC(=O)C(CS)NC(=O)CCC(N)C(=O)O. The molecule has 0 saturated heterocycles. The second-order valence-corrected chi connectivity index (χ2v) is 5.16. The second-order valence-electron chi connectivity index (χ2n) is 4.43. The van der Waals surface area contributed by atoms with E-state index in [9.17, 15) is 19.2 Å². The van der Waals surface area contributed by atoms with E-state index in [1.807, 2.05) is 0 Å². The van der Waals surface area contributed by atoms with Crippen LogP contribution in [0.3, 0.4) is 0 Å². The molecule has 0 radical (unpaired) electrons. The maximum atomic E-state index is 11.9. The third-order valence-corrected chi connectivity index (χ3v) is 3.41. The second kappa shape index (κ2) is 10.3. The molecule has 0 fully saturated rings. The van der Waals surface area contributed by atoms with Gasteiger partial charge in [0.2, 0.25) is 17.7 Å². The quantitative estimate of drug-likeness (QED) is 0.215. The van der Waals surface area contributed by atoms with E-state index in [1.54, 1.807) is 0 Å². The summed E-state index contributed by atoms with van der Waals surface area (Å²) in [6.07, 6.45) is -0.223. The molecule has 9 nitrogen and oxygen atoms in total. The normalized spacial score (nSPS) is 14.5. The molecule has 3 unspecified atom stereocenters. The zero-order valence-corrected chi connectivity index (χ0v) is 13.5. The van der Waals surface area contributed by atoms with Crippen LogP contribution < -0.4 is 22.1 Å². The van der Waals surface area contributed by atoms with E-state index < -0.39 is 41.8 Å². The maximum Gasteiger partial charge on any atom is 0.320 e. The molecule has 0 saturated carbocycles. The number of carboxylic acids is 1. The Labute approximate surface area is 138 Å². The summed E-state index contributed by atoms with van der Waals surface area (Å²) in [5, 5.41) is 13.3. The molecular weight excluding hydrogens is 332 g/mol. The van der Waals surface area contributed by atoms with Gasteiger partial charge in [-0.2, -0.15) is 25.3 Å². The number of rotatable bonds is 10. The highest BCUT2D eigenvalue weighted by Gasteiger charge is 2.24. The fraction of sp³-hybridized carbons (Fsp3) is 0.636. The van der Waals surface area contributed by atoms with Crippen LogP contribution in [0.15, 0.2) is 0 Å². The molecule has 0 heterocycles. The Hall–Kier alpha value is -1.46. The number of carbonyl (C=O) groups is 4. The number of carboxylic acid groups (broad SMARTS) is 1. The van der Waals surface area contributed by atoms with Gasteiger partial charge >= 0.3 is 5.97 Å². The highest BCUT2D eigenvalue weighted by atomic mass is 32.1. The number of aliphatic carboxylic acids is 1. The molecule has 0 aromatic rings. The van der Waals surface area contributed by atoms with Crippen molar-refractivity contribution in [3.8, 4) is 0 Å². The van der Waals surface area contributed by atoms with Gasteiger partial charge < -0.3 is 27.2 Å². The van der Waals surface area contributed by atoms with Crippen LogP contribution in [-0.4, -0.2) is 58.4 Å². The van der Waals surface area contributed by atoms with Crippen LogP contribution >= 0.6 is 25.3 Å². The van der Waals surface area contributed by atoms with Crippen LogP contribution in [0.2, 0.25) is 0 Å². The summed E-state index contributed by atoms with van der Waals surface area (Å²) in [5.74, 6) is -3.15. The van der Waals surface area contributed by atoms with Gasteiger partial charge in [-0.15, -0.1) is 0 Å². The van der Waals surface area contributed by atoms with Gasteiger partial charge in [0, 0.05) is 17.9 Å². The molecule has 11 heteroatoms. The first-order chi connectivity index (χ1) is 10.2. The van der Waals surface area contributed by atoms with Crippen molar-refractivity contribution in [2.24, 2.45) is 11.5 Å². The van der Waals surface area contributed by atoms with Crippen molar-refractivity contribution < 1.29 is 24.3 Å². The Kier molecular flexibility index (Phi) is 9.61. The van der Waals surface area contributed by atoms with Crippen molar-refractivity contribution in [3.63, 3.8) is 0 Å². The van der Waals surface area contributed by atoms with Crippen molar-refractivity contribution in [1.29, 1.82) is 0 Å². The van der Waals surface area contributed by atoms with Crippen molar-refractivity contribution >= 4 is 48.9 Å². The minimum atomic E-state index is -1.21. The monoisotopic (exact) mass is 352 g/mol. The van der Waals surface area contributed by atoms with E-state index in [0.29, 0.717) is 0 Å². The average Bonchev–Trinajstić information content (AvgIpc) is 2.46. The number of nitrogens with two attached hydrogens (primary N) is 2. The lowest BCUT2D eigenvalue weighted by Crippen LogP contribution is -2.54. The first-order valence-corrected chi connectivity index (χ1v) is 7.58. The summed E-state index contributed by atoms with van der Waals surface area (Å²) in [6, 6.07) is -3.10. The number of hydrogen-bond acceptors (Lipinski definition) is 7. The molecule has 0 rings (SSSR count). The van der Waals surface area contributed by atoms with Gasteiger partial charge in [-0.1, -0.05) is 0 Å². The van der Waals surface area contributed by atoms with Gasteiger partial charge in [0.1, 0.15) is 18.1 Å². The van der Waals surface area contributed by atoms with Crippen molar-refractivity contribution in [1.82, 2.24) is 10.6 Å². The van der Waals surface area contributed by atoms with Crippen LogP contribution in [-0.2, 0) is 19.2 Å². The zero-order chi connectivity index (χ0) is 17.3. The fourth-order valence-electron chi connectivity index (χ4n) is 1.35. The molecule has 126 valence electrons.